The van der Waals surface area contributed by atoms with Gasteiger partial charge in [-0.05, 0) is 38.0 Å². The standard InChI is InChI=1S/C12H25NO/c1-4-14-8-7-13-12-6-5-10(2)11(3)9-12/h10-13H,4-9H2,1-3H3/t10-,11-,12-/m1/s1. The number of nitrogens with one attached hydrogen (secondary N) is 1. The van der Waals surface area contributed by atoms with Gasteiger partial charge in [0.25, 0.3) is 0 Å². The fraction of sp³-hybridized carbons (Fsp3) is 1.00. The first-order chi connectivity index (χ1) is 6.74. The second-order valence-corrected chi connectivity index (χ2v) is 4.62. The van der Waals surface area contributed by atoms with E-state index in [4.69, 9.17) is 4.74 Å². The average Bonchev–Trinajstić information content (AvgIpc) is 2.18. The van der Waals surface area contributed by atoms with Crippen LogP contribution in [0.3, 0.4) is 0 Å². The van der Waals surface area contributed by atoms with Crippen molar-refractivity contribution < 1.29 is 4.74 Å². The second-order valence-electron chi connectivity index (χ2n) is 4.62. The molecule has 0 radical (unpaired) electrons. The molecule has 3 atom stereocenters. The number of hydrogen-bond donors (Lipinski definition) is 1. The first-order valence-electron chi connectivity index (χ1n) is 6.05. The molecule has 0 aromatic carbocycles. The van der Waals surface area contributed by atoms with Crippen molar-refractivity contribution in [1.82, 2.24) is 5.32 Å². The molecule has 84 valence electrons. The third kappa shape index (κ3) is 3.97. The molecule has 2 nitrogen and oxygen atoms in total. The maximum Gasteiger partial charge on any atom is 0.0590 e. The van der Waals surface area contributed by atoms with Gasteiger partial charge in [-0.1, -0.05) is 13.8 Å². The molecule has 14 heavy (non-hydrogen) atoms. The molecule has 0 aromatic rings. The van der Waals surface area contributed by atoms with E-state index < -0.39 is 0 Å². The van der Waals surface area contributed by atoms with E-state index in [2.05, 4.69) is 19.2 Å². The summed E-state index contributed by atoms with van der Waals surface area (Å²) in [7, 11) is 0. The molecule has 0 saturated heterocycles. The van der Waals surface area contributed by atoms with Crippen LogP contribution in [0.1, 0.15) is 40.0 Å². The van der Waals surface area contributed by atoms with E-state index >= 15 is 0 Å². The summed E-state index contributed by atoms with van der Waals surface area (Å²) >= 11 is 0. The highest BCUT2D eigenvalue weighted by atomic mass is 16.5. The predicted octanol–water partition coefficient (Wildman–Crippen LogP) is 2.44. The zero-order valence-corrected chi connectivity index (χ0v) is 9.88. The second kappa shape index (κ2) is 6.41. The first-order valence-corrected chi connectivity index (χ1v) is 6.05. The number of hydrogen-bond acceptors (Lipinski definition) is 2. The Kier molecular flexibility index (Phi) is 5.49. The summed E-state index contributed by atoms with van der Waals surface area (Å²) in [5.74, 6) is 1.80. The molecule has 2 heteroatoms. The van der Waals surface area contributed by atoms with E-state index in [9.17, 15) is 0 Å². The normalized spacial score (nSPS) is 33.2. The maximum atomic E-state index is 5.31. The molecular formula is C12H25NO. The van der Waals surface area contributed by atoms with Crippen LogP contribution >= 0.6 is 0 Å². The summed E-state index contributed by atoms with van der Waals surface area (Å²) in [4.78, 5) is 0. The molecule has 1 fully saturated rings. The molecule has 0 bridgehead atoms. The fourth-order valence-corrected chi connectivity index (χ4v) is 2.21. The van der Waals surface area contributed by atoms with Gasteiger partial charge in [0.05, 0.1) is 6.61 Å². The Morgan fingerprint density at radius 1 is 1.21 bits per heavy atom. The average molecular weight is 199 g/mol. The molecule has 0 amide bonds. The van der Waals surface area contributed by atoms with Gasteiger partial charge in [0.2, 0.25) is 0 Å². The van der Waals surface area contributed by atoms with Gasteiger partial charge in [0, 0.05) is 19.2 Å². The van der Waals surface area contributed by atoms with E-state index in [-0.39, 0.29) is 0 Å². The quantitative estimate of drug-likeness (QED) is 0.687. The van der Waals surface area contributed by atoms with Crippen LogP contribution in [0.25, 0.3) is 0 Å². The molecule has 0 unspecified atom stereocenters. The minimum Gasteiger partial charge on any atom is -0.380 e. The summed E-state index contributed by atoms with van der Waals surface area (Å²) in [5, 5.41) is 3.58. The Labute approximate surface area is 88.4 Å². The van der Waals surface area contributed by atoms with Crippen LogP contribution < -0.4 is 5.32 Å². The Morgan fingerprint density at radius 3 is 2.64 bits per heavy atom. The lowest BCUT2D eigenvalue weighted by Crippen LogP contribution is -2.37. The molecular weight excluding hydrogens is 174 g/mol. The number of rotatable bonds is 5. The summed E-state index contributed by atoms with van der Waals surface area (Å²) in [6.07, 6.45) is 4.07. The fourth-order valence-electron chi connectivity index (χ4n) is 2.21. The lowest BCUT2D eigenvalue weighted by Gasteiger charge is -2.32. The van der Waals surface area contributed by atoms with Gasteiger partial charge in [-0.2, -0.15) is 0 Å². The van der Waals surface area contributed by atoms with Gasteiger partial charge < -0.3 is 10.1 Å². The maximum absolute atomic E-state index is 5.31. The molecule has 0 aromatic heterocycles. The van der Waals surface area contributed by atoms with Gasteiger partial charge in [-0.15, -0.1) is 0 Å². The van der Waals surface area contributed by atoms with Crippen molar-refractivity contribution in [3.8, 4) is 0 Å². The SMILES string of the molecule is CCOCCN[C@@H]1CC[C@@H](C)[C@H](C)C1. The van der Waals surface area contributed by atoms with Crippen LogP contribution in [-0.2, 0) is 4.74 Å². The van der Waals surface area contributed by atoms with Crippen LogP contribution in [0.5, 0.6) is 0 Å². The molecule has 1 N–H and O–H groups in total. The van der Waals surface area contributed by atoms with Crippen molar-refractivity contribution in [2.24, 2.45) is 11.8 Å². The summed E-state index contributed by atoms with van der Waals surface area (Å²) in [6.45, 7) is 9.50. The van der Waals surface area contributed by atoms with Gasteiger partial charge in [-0.3, -0.25) is 0 Å². The van der Waals surface area contributed by atoms with Gasteiger partial charge >= 0.3 is 0 Å². The van der Waals surface area contributed by atoms with Crippen LogP contribution in [0.4, 0.5) is 0 Å². The van der Waals surface area contributed by atoms with Crippen molar-refractivity contribution in [1.29, 1.82) is 0 Å². The largest absolute Gasteiger partial charge is 0.380 e. The van der Waals surface area contributed by atoms with Crippen LogP contribution in [0.15, 0.2) is 0 Å². The highest BCUT2D eigenvalue weighted by Gasteiger charge is 2.23. The molecule has 0 heterocycles. The monoisotopic (exact) mass is 199 g/mol. The Bertz CT molecular complexity index is 149. The Balaban J connectivity index is 2.07. The van der Waals surface area contributed by atoms with Gasteiger partial charge in [-0.25, -0.2) is 0 Å². The number of ether oxygens (including phenoxy) is 1. The minimum atomic E-state index is 0.738. The van der Waals surface area contributed by atoms with Crippen molar-refractivity contribution in [2.75, 3.05) is 19.8 Å². The highest BCUT2D eigenvalue weighted by molar-refractivity contribution is 4.79. The smallest absolute Gasteiger partial charge is 0.0590 e. The van der Waals surface area contributed by atoms with Crippen LogP contribution in [0, 0.1) is 11.8 Å². The topological polar surface area (TPSA) is 21.3 Å². The van der Waals surface area contributed by atoms with Crippen LogP contribution in [-0.4, -0.2) is 25.8 Å². The zero-order chi connectivity index (χ0) is 10.4. The summed E-state index contributed by atoms with van der Waals surface area (Å²) < 4.78 is 5.31. The molecule has 1 aliphatic rings. The molecule has 0 spiro atoms. The van der Waals surface area contributed by atoms with Crippen molar-refractivity contribution in [3.05, 3.63) is 0 Å². The molecule has 1 rings (SSSR count). The van der Waals surface area contributed by atoms with Crippen LogP contribution in [0.2, 0.25) is 0 Å². The van der Waals surface area contributed by atoms with Crippen molar-refractivity contribution in [3.63, 3.8) is 0 Å². The summed E-state index contributed by atoms with van der Waals surface area (Å²) in [5.41, 5.74) is 0. The Morgan fingerprint density at radius 2 is 2.00 bits per heavy atom. The van der Waals surface area contributed by atoms with Gasteiger partial charge in [0.1, 0.15) is 0 Å². The van der Waals surface area contributed by atoms with Crippen molar-refractivity contribution >= 4 is 0 Å². The third-order valence-electron chi connectivity index (χ3n) is 3.48. The van der Waals surface area contributed by atoms with E-state index in [1.807, 2.05) is 6.92 Å². The van der Waals surface area contributed by atoms with E-state index in [0.717, 1.165) is 37.6 Å². The first kappa shape index (κ1) is 12.0. The molecule has 1 aliphatic carbocycles. The summed E-state index contributed by atoms with van der Waals surface area (Å²) in [6, 6.07) is 0.738. The van der Waals surface area contributed by atoms with Gasteiger partial charge in [0.15, 0.2) is 0 Å². The predicted molar refractivity (Wildman–Crippen MR) is 60.5 cm³/mol. The van der Waals surface area contributed by atoms with Crippen molar-refractivity contribution in [2.45, 2.75) is 46.1 Å². The lowest BCUT2D eigenvalue weighted by atomic mass is 9.79. The highest BCUT2D eigenvalue weighted by Crippen LogP contribution is 2.29. The molecule has 1 saturated carbocycles. The molecule has 0 aliphatic heterocycles. The zero-order valence-electron chi connectivity index (χ0n) is 9.88. The lowest BCUT2D eigenvalue weighted by molar-refractivity contribution is 0.140. The minimum absolute atomic E-state index is 0.738. The van der Waals surface area contributed by atoms with E-state index in [0.29, 0.717) is 0 Å². The third-order valence-corrected chi connectivity index (χ3v) is 3.48. The van der Waals surface area contributed by atoms with E-state index in [1.54, 1.807) is 0 Å². The Hall–Kier alpha value is -0.0800. The van der Waals surface area contributed by atoms with E-state index in [1.165, 1.54) is 19.3 Å².